The predicted octanol–water partition coefficient (Wildman–Crippen LogP) is 1.56. The fraction of sp³-hybridized carbons (Fsp3) is 0.500. The lowest BCUT2D eigenvalue weighted by atomic mass is 9.84. The minimum absolute atomic E-state index is 0.413. The molecule has 1 saturated heterocycles. The number of rotatable bonds is 4. The molecule has 1 unspecified atom stereocenters. The second-order valence-corrected chi connectivity index (χ2v) is 5.00. The van der Waals surface area contributed by atoms with E-state index < -0.39 is 17.4 Å². The van der Waals surface area contributed by atoms with Gasteiger partial charge in [0.1, 0.15) is 5.82 Å². The van der Waals surface area contributed by atoms with Crippen LogP contribution in [0, 0.1) is 5.41 Å². The first-order valence-electron chi connectivity index (χ1n) is 6.55. The van der Waals surface area contributed by atoms with Crippen LogP contribution in [-0.4, -0.2) is 42.2 Å². The molecule has 1 aliphatic rings. The number of esters is 1. The van der Waals surface area contributed by atoms with Gasteiger partial charge in [-0.3, -0.25) is 4.79 Å². The molecule has 0 bridgehead atoms. The Kier molecular flexibility index (Phi) is 3.92. The van der Waals surface area contributed by atoms with E-state index in [1.807, 2.05) is 11.8 Å². The molecule has 0 saturated carbocycles. The summed E-state index contributed by atoms with van der Waals surface area (Å²) >= 11 is 0. The number of carbonyl (C=O) groups is 2. The van der Waals surface area contributed by atoms with Crippen LogP contribution in [0.4, 0.5) is 5.82 Å². The Bertz CT molecular complexity index is 532. The number of pyridine rings is 1. The van der Waals surface area contributed by atoms with E-state index in [0.29, 0.717) is 37.3 Å². The summed E-state index contributed by atoms with van der Waals surface area (Å²) in [6, 6.07) is 3.22. The fourth-order valence-electron chi connectivity index (χ4n) is 2.52. The summed E-state index contributed by atoms with van der Waals surface area (Å²) in [7, 11) is 1.32. The molecule has 20 heavy (non-hydrogen) atoms. The zero-order valence-corrected chi connectivity index (χ0v) is 11.6. The number of hydrogen-bond donors (Lipinski definition) is 1. The molecule has 1 aliphatic heterocycles. The molecule has 1 fully saturated rings. The molecule has 2 heterocycles. The monoisotopic (exact) mass is 278 g/mol. The van der Waals surface area contributed by atoms with Gasteiger partial charge in [0, 0.05) is 19.3 Å². The normalized spacial score (nSPS) is 21.8. The highest BCUT2D eigenvalue weighted by atomic mass is 16.5. The van der Waals surface area contributed by atoms with Gasteiger partial charge in [-0.25, -0.2) is 9.78 Å². The molecular formula is C14H18N2O4. The molecule has 0 spiro atoms. The van der Waals surface area contributed by atoms with E-state index in [-0.39, 0.29) is 0 Å². The Labute approximate surface area is 117 Å². The number of carboxylic acid groups (broad SMARTS) is 1. The number of carbonyl (C=O) groups excluding carboxylic acids is 1. The third kappa shape index (κ3) is 2.45. The average Bonchev–Trinajstić information content (AvgIpc) is 2.92. The SMILES string of the molecule is CCC1(C(=O)O)CCN(c2cc(C(=O)OC)ccn2)C1. The molecule has 1 atom stereocenters. The van der Waals surface area contributed by atoms with Crippen molar-refractivity contribution in [2.75, 3.05) is 25.1 Å². The lowest BCUT2D eigenvalue weighted by Gasteiger charge is -2.23. The topological polar surface area (TPSA) is 79.7 Å². The zero-order valence-electron chi connectivity index (χ0n) is 11.6. The smallest absolute Gasteiger partial charge is 0.338 e. The van der Waals surface area contributed by atoms with Crippen LogP contribution >= 0.6 is 0 Å². The van der Waals surface area contributed by atoms with E-state index in [1.165, 1.54) is 13.3 Å². The van der Waals surface area contributed by atoms with E-state index in [1.54, 1.807) is 12.1 Å². The lowest BCUT2D eigenvalue weighted by molar-refractivity contribution is -0.147. The largest absolute Gasteiger partial charge is 0.481 e. The zero-order chi connectivity index (χ0) is 14.8. The standard InChI is InChI=1S/C14H18N2O4/c1-3-14(13(18)19)5-7-16(9-14)11-8-10(4-6-15-11)12(17)20-2/h4,6,8H,3,5,7,9H2,1-2H3,(H,18,19). The van der Waals surface area contributed by atoms with E-state index in [9.17, 15) is 14.7 Å². The average molecular weight is 278 g/mol. The van der Waals surface area contributed by atoms with Gasteiger partial charge in [-0.2, -0.15) is 0 Å². The minimum Gasteiger partial charge on any atom is -0.481 e. The van der Waals surface area contributed by atoms with Crippen LogP contribution in [0.1, 0.15) is 30.1 Å². The van der Waals surface area contributed by atoms with Crippen molar-refractivity contribution in [3.63, 3.8) is 0 Å². The predicted molar refractivity (Wildman–Crippen MR) is 72.8 cm³/mol. The number of methoxy groups -OCH3 is 1. The molecule has 1 aromatic heterocycles. The van der Waals surface area contributed by atoms with Gasteiger partial charge in [0.25, 0.3) is 0 Å². The van der Waals surface area contributed by atoms with Crippen molar-refractivity contribution in [3.8, 4) is 0 Å². The van der Waals surface area contributed by atoms with Gasteiger partial charge in [-0.05, 0) is 25.0 Å². The van der Waals surface area contributed by atoms with Crippen LogP contribution in [0.5, 0.6) is 0 Å². The molecule has 0 aromatic carbocycles. The first kappa shape index (κ1) is 14.3. The number of anilines is 1. The van der Waals surface area contributed by atoms with Crippen molar-refractivity contribution >= 4 is 17.8 Å². The van der Waals surface area contributed by atoms with Crippen molar-refractivity contribution < 1.29 is 19.4 Å². The highest BCUT2D eigenvalue weighted by Crippen LogP contribution is 2.36. The van der Waals surface area contributed by atoms with Gasteiger partial charge in [0.15, 0.2) is 0 Å². The van der Waals surface area contributed by atoms with E-state index in [4.69, 9.17) is 0 Å². The number of hydrogen-bond acceptors (Lipinski definition) is 5. The summed E-state index contributed by atoms with van der Waals surface area (Å²) in [5.41, 5.74) is -0.301. The third-order valence-corrected chi connectivity index (χ3v) is 3.97. The number of carboxylic acids is 1. The summed E-state index contributed by atoms with van der Waals surface area (Å²) in [5, 5.41) is 9.39. The summed E-state index contributed by atoms with van der Waals surface area (Å²) < 4.78 is 4.67. The maximum atomic E-state index is 11.5. The number of aliphatic carboxylic acids is 1. The minimum atomic E-state index is -0.772. The fourth-order valence-corrected chi connectivity index (χ4v) is 2.52. The summed E-state index contributed by atoms with van der Waals surface area (Å²) in [6.07, 6.45) is 2.70. The van der Waals surface area contributed by atoms with Crippen molar-refractivity contribution in [1.82, 2.24) is 4.98 Å². The van der Waals surface area contributed by atoms with Crippen molar-refractivity contribution in [2.24, 2.45) is 5.41 Å². The molecule has 6 nitrogen and oxygen atoms in total. The second kappa shape index (κ2) is 5.48. The lowest BCUT2D eigenvalue weighted by Crippen LogP contribution is -2.34. The molecular weight excluding hydrogens is 260 g/mol. The van der Waals surface area contributed by atoms with Crippen LogP contribution in [0.2, 0.25) is 0 Å². The second-order valence-electron chi connectivity index (χ2n) is 5.00. The molecule has 108 valence electrons. The van der Waals surface area contributed by atoms with Crippen LogP contribution in [0.25, 0.3) is 0 Å². The van der Waals surface area contributed by atoms with Crippen LogP contribution in [0.3, 0.4) is 0 Å². The Morgan fingerprint density at radius 2 is 2.30 bits per heavy atom. The van der Waals surface area contributed by atoms with E-state index >= 15 is 0 Å². The summed E-state index contributed by atoms with van der Waals surface area (Å²) in [5.74, 6) is -0.580. The third-order valence-electron chi connectivity index (χ3n) is 3.97. The van der Waals surface area contributed by atoms with Crippen LogP contribution in [-0.2, 0) is 9.53 Å². The van der Waals surface area contributed by atoms with E-state index in [0.717, 1.165) is 0 Å². The quantitative estimate of drug-likeness (QED) is 0.842. The van der Waals surface area contributed by atoms with Crippen molar-refractivity contribution in [2.45, 2.75) is 19.8 Å². The van der Waals surface area contributed by atoms with Gasteiger partial charge in [-0.1, -0.05) is 6.92 Å². The molecule has 6 heteroatoms. The number of ether oxygens (including phenoxy) is 1. The molecule has 0 amide bonds. The van der Waals surface area contributed by atoms with Crippen molar-refractivity contribution in [3.05, 3.63) is 23.9 Å². The van der Waals surface area contributed by atoms with Gasteiger partial charge >= 0.3 is 11.9 Å². The maximum Gasteiger partial charge on any atom is 0.338 e. The molecule has 0 radical (unpaired) electrons. The Morgan fingerprint density at radius 1 is 1.55 bits per heavy atom. The van der Waals surface area contributed by atoms with Gasteiger partial charge in [-0.15, -0.1) is 0 Å². The molecule has 1 N–H and O–H groups in total. The Balaban J connectivity index is 2.22. The summed E-state index contributed by atoms with van der Waals surface area (Å²) in [4.78, 5) is 29.1. The van der Waals surface area contributed by atoms with E-state index in [2.05, 4.69) is 9.72 Å². The van der Waals surface area contributed by atoms with Crippen molar-refractivity contribution in [1.29, 1.82) is 0 Å². The summed E-state index contributed by atoms with van der Waals surface area (Å²) in [6.45, 7) is 2.92. The van der Waals surface area contributed by atoms with Crippen LogP contribution in [0.15, 0.2) is 18.3 Å². The first-order valence-corrected chi connectivity index (χ1v) is 6.55. The number of aromatic nitrogens is 1. The van der Waals surface area contributed by atoms with Gasteiger partial charge in [0.05, 0.1) is 18.1 Å². The Morgan fingerprint density at radius 3 is 2.85 bits per heavy atom. The molecule has 1 aromatic rings. The highest BCUT2D eigenvalue weighted by molar-refractivity contribution is 5.90. The van der Waals surface area contributed by atoms with Crippen LogP contribution < -0.4 is 4.90 Å². The number of nitrogens with zero attached hydrogens (tertiary/aromatic N) is 2. The molecule has 2 rings (SSSR count). The first-order chi connectivity index (χ1) is 9.52. The van der Waals surface area contributed by atoms with Gasteiger partial charge < -0.3 is 14.7 Å². The Hall–Kier alpha value is -2.11. The van der Waals surface area contributed by atoms with Gasteiger partial charge in [0.2, 0.25) is 0 Å². The maximum absolute atomic E-state index is 11.5. The molecule has 0 aliphatic carbocycles. The highest BCUT2D eigenvalue weighted by Gasteiger charge is 2.43.